The zero-order valence-corrected chi connectivity index (χ0v) is 29.8. The maximum atomic E-state index is 13.8. The van der Waals surface area contributed by atoms with Gasteiger partial charge in [-0.05, 0) is 169 Å². The van der Waals surface area contributed by atoms with E-state index >= 15 is 0 Å². The van der Waals surface area contributed by atoms with E-state index in [1.807, 2.05) is 30.3 Å². The molecular weight excluding hydrogens is 869 g/mol. The van der Waals surface area contributed by atoms with Crippen LogP contribution in [0.15, 0.2) is 94.8 Å². The molecule has 1 fully saturated rings. The number of ether oxygens (including phenoxy) is 1. The predicted octanol–water partition coefficient (Wildman–Crippen LogP) is 10.0. The average molecular weight is 896 g/mol. The summed E-state index contributed by atoms with van der Waals surface area (Å²) in [6.07, 6.45) is 3.87. The fraction of sp³-hybridized carbons (Fsp3) is 0.152. The van der Waals surface area contributed by atoms with Crippen LogP contribution in [0.2, 0.25) is 0 Å². The molecule has 0 saturated carbocycles. The molecule has 0 atom stereocenters. The van der Waals surface area contributed by atoms with E-state index in [0.717, 1.165) is 48.2 Å². The zero-order valence-electron chi connectivity index (χ0n) is 22.5. The van der Waals surface area contributed by atoms with Crippen LogP contribution >= 0.6 is 79.5 Å². The van der Waals surface area contributed by atoms with Crippen LogP contribution in [0.1, 0.15) is 36.1 Å². The molecule has 0 aromatic heterocycles. The summed E-state index contributed by atoms with van der Waals surface area (Å²) in [5.74, 6) is 0.778. The van der Waals surface area contributed by atoms with Crippen molar-refractivity contribution < 1.29 is 9.53 Å². The summed E-state index contributed by atoms with van der Waals surface area (Å²) < 4.78 is 9.39. The van der Waals surface area contributed by atoms with Crippen molar-refractivity contribution in [3.8, 4) is 5.75 Å². The number of carbonyl (C=O) groups is 1. The van der Waals surface area contributed by atoms with Crippen LogP contribution in [0, 0.1) is 10.7 Å². The molecule has 0 bridgehead atoms. The van der Waals surface area contributed by atoms with Crippen molar-refractivity contribution in [2.75, 3.05) is 4.90 Å². The van der Waals surface area contributed by atoms with Gasteiger partial charge in [-0.25, -0.2) is 4.99 Å². The Morgan fingerprint density at radius 2 is 1.37 bits per heavy atom. The molecule has 208 valence electrons. The van der Waals surface area contributed by atoms with Gasteiger partial charge >= 0.3 is 0 Å². The van der Waals surface area contributed by atoms with Gasteiger partial charge in [0.2, 0.25) is 0 Å². The largest absolute Gasteiger partial charge is 0.487 e. The highest BCUT2D eigenvalue weighted by Gasteiger charge is 2.35. The van der Waals surface area contributed by atoms with Crippen LogP contribution in [0.3, 0.4) is 0 Å². The third-order valence-corrected chi connectivity index (χ3v) is 9.88. The van der Waals surface area contributed by atoms with Crippen molar-refractivity contribution in [1.82, 2.24) is 0 Å². The summed E-state index contributed by atoms with van der Waals surface area (Å²) in [6, 6.07) is 28.8. The molecule has 0 unspecified atom stereocenters. The van der Waals surface area contributed by atoms with Crippen LogP contribution in [0.25, 0.3) is 6.08 Å². The SMILES string of the molecule is CCc1ccc(N=C2S/C(=C\c3cc(I)c(OCc4ccc(I)cc4)c(I)c3)C(=O)N2c2ccc(CC)cc2)cc1. The van der Waals surface area contributed by atoms with Crippen molar-refractivity contribution in [3.63, 3.8) is 0 Å². The Balaban J connectivity index is 1.44. The Bertz CT molecular complexity index is 1590. The van der Waals surface area contributed by atoms with Gasteiger partial charge in [-0.1, -0.05) is 50.2 Å². The lowest BCUT2D eigenvalue weighted by atomic mass is 10.1. The maximum Gasteiger partial charge on any atom is 0.271 e. The lowest BCUT2D eigenvalue weighted by Gasteiger charge is -2.16. The Hall–Kier alpha value is -1.90. The van der Waals surface area contributed by atoms with E-state index < -0.39 is 0 Å². The minimum absolute atomic E-state index is 0.0766. The number of aryl methyl sites for hydroxylation is 2. The van der Waals surface area contributed by atoms with Crippen LogP contribution in [-0.2, 0) is 24.2 Å². The second-order valence-electron chi connectivity index (χ2n) is 9.41. The number of aliphatic imine (C=N–C) groups is 1. The molecule has 4 nitrogen and oxygen atoms in total. The number of benzene rings is 4. The molecule has 1 heterocycles. The smallest absolute Gasteiger partial charge is 0.271 e. The first-order valence-corrected chi connectivity index (χ1v) is 17.3. The van der Waals surface area contributed by atoms with Gasteiger partial charge in [-0.2, -0.15) is 0 Å². The van der Waals surface area contributed by atoms with E-state index in [9.17, 15) is 4.79 Å². The van der Waals surface area contributed by atoms with E-state index in [4.69, 9.17) is 9.73 Å². The summed E-state index contributed by atoms with van der Waals surface area (Å²) in [5.41, 5.74) is 6.20. The standard InChI is InChI=1S/C33H27I3N2O2S/c1-3-21-7-13-26(14-8-21)37-33-38(27-15-9-22(4-2)10-16-27)32(39)30(41-33)19-24-17-28(35)31(29(36)18-24)40-20-23-5-11-25(34)12-6-23/h5-19H,3-4,20H2,1-2H3/b30-19-,37-33?. The lowest BCUT2D eigenvalue weighted by Crippen LogP contribution is -2.28. The first kappa shape index (κ1) is 30.6. The second-order valence-corrected chi connectivity index (χ2v) is 14.0. The molecule has 1 saturated heterocycles. The minimum atomic E-state index is -0.0766. The molecule has 4 aromatic rings. The molecule has 1 amide bonds. The highest BCUT2D eigenvalue weighted by Crippen LogP contribution is 2.38. The van der Waals surface area contributed by atoms with Gasteiger partial charge in [0.1, 0.15) is 12.4 Å². The van der Waals surface area contributed by atoms with Gasteiger partial charge in [-0.15, -0.1) is 0 Å². The molecular formula is C33H27I3N2O2S. The summed E-state index contributed by atoms with van der Waals surface area (Å²) in [4.78, 5) is 21.1. The summed E-state index contributed by atoms with van der Waals surface area (Å²) in [5, 5.41) is 0.650. The normalized spacial score (nSPS) is 15.2. The quantitative estimate of drug-likeness (QED) is 0.131. The monoisotopic (exact) mass is 896 g/mol. The number of amidine groups is 1. The van der Waals surface area contributed by atoms with Gasteiger partial charge < -0.3 is 4.74 Å². The van der Waals surface area contributed by atoms with Crippen molar-refractivity contribution in [2.24, 2.45) is 4.99 Å². The van der Waals surface area contributed by atoms with Crippen molar-refractivity contribution in [2.45, 2.75) is 33.3 Å². The molecule has 1 aliphatic heterocycles. The molecule has 4 aromatic carbocycles. The molecule has 0 radical (unpaired) electrons. The van der Waals surface area contributed by atoms with E-state index in [1.54, 1.807) is 4.90 Å². The highest BCUT2D eigenvalue weighted by atomic mass is 127. The zero-order chi connectivity index (χ0) is 28.9. The number of carbonyl (C=O) groups excluding carboxylic acids is 1. The third kappa shape index (κ3) is 7.55. The van der Waals surface area contributed by atoms with Gasteiger partial charge in [0.15, 0.2) is 5.17 Å². The average Bonchev–Trinajstić information content (AvgIpc) is 3.27. The Labute approximate surface area is 286 Å². The van der Waals surface area contributed by atoms with Crippen molar-refractivity contribution in [1.29, 1.82) is 0 Å². The van der Waals surface area contributed by atoms with E-state index in [-0.39, 0.29) is 5.91 Å². The third-order valence-electron chi connectivity index (χ3n) is 6.59. The fourth-order valence-electron chi connectivity index (χ4n) is 4.26. The molecule has 0 N–H and O–H groups in total. The first-order valence-electron chi connectivity index (χ1n) is 13.2. The minimum Gasteiger partial charge on any atom is -0.487 e. The molecule has 1 aliphatic rings. The lowest BCUT2D eigenvalue weighted by molar-refractivity contribution is -0.113. The number of hydrogen-bond acceptors (Lipinski definition) is 4. The van der Waals surface area contributed by atoms with Gasteiger partial charge in [0.05, 0.1) is 23.4 Å². The van der Waals surface area contributed by atoms with Crippen LogP contribution in [0.5, 0.6) is 5.75 Å². The highest BCUT2D eigenvalue weighted by molar-refractivity contribution is 14.1. The van der Waals surface area contributed by atoms with Crippen molar-refractivity contribution in [3.05, 3.63) is 123 Å². The van der Waals surface area contributed by atoms with Crippen LogP contribution < -0.4 is 9.64 Å². The number of hydrogen-bond donors (Lipinski definition) is 0. The van der Waals surface area contributed by atoms with Gasteiger partial charge in [0, 0.05) is 3.57 Å². The molecule has 0 spiro atoms. The predicted molar refractivity (Wildman–Crippen MR) is 197 cm³/mol. The molecule has 41 heavy (non-hydrogen) atoms. The Morgan fingerprint density at radius 3 is 1.95 bits per heavy atom. The number of amides is 1. The Kier molecular flexibility index (Phi) is 10.5. The van der Waals surface area contributed by atoms with Gasteiger partial charge in [0.25, 0.3) is 5.91 Å². The number of rotatable bonds is 8. The number of nitrogens with zero attached hydrogens (tertiary/aromatic N) is 2. The molecule has 0 aliphatic carbocycles. The maximum absolute atomic E-state index is 13.8. The molecule has 8 heteroatoms. The van der Waals surface area contributed by atoms with Gasteiger partial charge in [-0.3, -0.25) is 9.69 Å². The summed E-state index contributed by atoms with van der Waals surface area (Å²) in [6.45, 7) is 4.76. The van der Waals surface area contributed by atoms with Crippen LogP contribution in [0.4, 0.5) is 11.4 Å². The van der Waals surface area contributed by atoms with E-state index in [1.165, 1.54) is 26.5 Å². The Morgan fingerprint density at radius 1 is 0.805 bits per heavy atom. The van der Waals surface area contributed by atoms with Crippen LogP contribution in [-0.4, -0.2) is 11.1 Å². The first-order chi connectivity index (χ1) is 19.8. The molecule has 5 rings (SSSR count). The topological polar surface area (TPSA) is 41.9 Å². The summed E-state index contributed by atoms with van der Waals surface area (Å²) in [7, 11) is 0. The van der Waals surface area contributed by atoms with E-state index in [2.05, 4.69) is 142 Å². The fourth-order valence-corrected chi connectivity index (χ4v) is 7.75. The summed E-state index contributed by atoms with van der Waals surface area (Å²) >= 11 is 8.33. The van der Waals surface area contributed by atoms with Crippen molar-refractivity contribution >= 4 is 108 Å². The second kappa shape index (κ2) is 14.0. The van der Waals surface area contributed by atoms with E-state index in [0.29, 0.717) is 16.7 Å². The number of halogens is 3. The number of anilines is 1. The number of thioether (sulfide) groups is 1.